The average Bonchev–Trinajstić information content (AvgIpc) is 2.87. The molecule has 0 aromatic carbocycles. The molecule has 0 saturated carbocycles. The zero-order chi connectivity index (χ0) is 11.5. The third kappa shape index (κ3) is 2.22. The molecular formula is C10H11N3O2S. The summed E-state index contributed by atoms with van der Waals surface area (Å²) < 4.78 is 5.18. The molecule has 1 atom stereocenters. The van der Waals surface area contributed by atoms with E-state index in [1.165, 1.54) is 11.3 Å². The Balaban J connectivity index is 2.03. The first-order chi connectivity index (χ1) is 7.66. The molecule has 2 aromatic heterocycles. The molecule has 0 aliphatic heterocycles. The number of nitrogens with two attached hydrogens (primary N) is 1. The highest BCUT2D eigenvalue weighted by atomic mass is 32.1. The monoisotopic (exact) mass is 237 g/mol. The quantitative estimate of drug-likeness (QED) is 0.853. The van der Waals surface area contributed by atoms with E-state index in [1.807, 2.05) is 6.92 Å². The Morgan fingerprint density at radius 1 is 1.69 bits per heavy atom. The minimum atomic E-state index is -0.253. The molecule has 2 aromatic rings. The number of nitrogens with zero attached hydrogens (tertiary/aromatic N) is 1. The van der Waals surface area contributed by atoms with Crippen molar-refractivity contribution in [2.45, 2.75) is 13.0 Å². The van der Waals surface area contributed by atoms with E-state index in [1.54, 1.807) is 23.8 Å². The number of hydrogen-bond acceptors (Lipinski definition) is 5. The van der Waals surface area contributed by atoms with Crippen molar-refractivity contribution in [3.63, 3.8) is 0 Å². The first-order valence-electron chi connectivity index (χ1n) is 4.72. The Kier molecular flexibility index (Phi) is 2.91. The fourth-order valence-corrected chi connectivity index (χ4v) is 1.81. The predicted molar refractivity (Wildman–Crippen MR) is 61.1 cm³/mol. The van der Waals surface area contributed by atoms with Crippen molar-refractivity contribution < 1.29 is 9.21 Å². The van der Waals surface area contributed by atoms with Gasteiger partial charge in [-0.05, 0) is 19.1 Å². The molecular weight excluding hydrogens is 226 g/mol. The lowest BCUT2D eigenvalue weighted by molar-refractivity contribution is 0.0931. The van der Waals surface area contributed by atoms with Gasteiger partial charge in [-0.15, -0.1) is 11.3 Å². The zero-order valence-corrected chi connectivity index (χ0v) is 9.45. The van der Waals surface area contributed by atoms with Gasteiger partial charge in [0.1, 0.15) is 11.5 Å². The standard InChI is InChI=1S/C10H11N3O2S/c1-6(8-3-2-4-15-8)12-9(14)7-5-16-10(11)13-7/h2-6H,1H3,(H2,11,13)(H,12,14)/t6-/m1/s1. The molecule has 2 rings (SSSR count). The number of nitrogens with one attached hydrogen (secondary N) is 1. The van der Waals surface area contributed by atoms with Crippen molar-refractivity contribution >= 4 is 22.4 Å². The van der Waals surface area contributed by atoms with Crippen LogP contribution in [0.4, 0.5) is 5.13 Å². The van der Waals surface area contributed by atoms with Gasteiger partial charge in [0.15, 0.2) is 5.13 Å². The number of carbonyl (C=O) groups is 1. The number of amides is 1. The van der Waals surface area contributed by atoms with Crippen molar-refractivity contribution in [3.05, 3.63) is 35.2 Å². The summed E-state index contributed by atoms with van der Waals surface area (Å²) in [4.78, 5) is 15.6. The molecule has 0 spiro atoms. The van der Waals surface area contributed by atoms with E-state index in [2.05, 4.69) is 10.3 Å². The van der Waals surface area contributed by atoms with E-state index in [0.29, 0.717) is 16.6 Å². The number of anilines is 1. The maximum Gasteiger partial charge on any atom is 0.271 e. The number of thiazole rings is 1. The molecule has 0 saturated heterocycles. The molecule has 1 amide bonds. The number of nitrogen functional groups attached to an aromatic ring is 1. The molecule has 5 nitrogen and oxygen atoms in total. The molecule has 0 aliphatic carbocycles. The smallest absolute Gasteiger partial charge is 0.271 e. The summed E-state index contributed by atoms with van der Waals surface area (Å²) in [5.41, 5.74) is 5.78. The van der Waals surface area contributed by atoms with Crippen LogP contribution in [0.15, 0.2) is 28.2 Å². The average molecular weight is 237 g/mol. The number of carbonyl (C=O) groups excluding carboxylic acids is 1. The summed E-state index contributed by atoms with van der Waals surface area (Å²) in [5.74, 6) is 0.452. The second kappa shape index (κ2) is 4.36. The second-order valence-electron chi connectivity index (χ2n) is 3.28. The summed E-state index contributed by atoms with van der Waals surface area (Å²) in [6.07, 6.45) is 1.57. The fraction of sp³-hybridized carbons (Fsp3) is 0.200. The Bertz CT molecular complexity index is 478. The Morgan fingerprint density at radius 2 is 2.50 bits per heavy atom. The van der Waals surface area contributed by atoms with Crippen molar-refractivity contribution in [2.24, 2.45) is 0 Å². The number of rotatable bonds is 3. The highest BCUT2D eigenvalue weighted by molar-refractivity contribution is 7.13. The van der Waals surface area contributed by atoms with Gasteiger partial charge in [-0.3, -0.25) is 4.79 Å². The van der Waals surface area contributed by atoms with Gasteiger partial charge in [-0.2, -0.15) is 0 Å². The first-order valence-corrected chi connectivity index (χ1v) is 5.60. The highest BCUT2D eigenvalue weighted by Gasteiger charge is 2.15. The van der Waals surface area contributed by atoms with E-state index in [0.717, 1.165) is 0 Å². The van der Waals surface area contributed by atoms with Crippen LogP contribution >= 0.6 is 11.3 Å². The molecule has 0 bridgehead atoms. The van der Waals surface area contributed by atoms with E-state index < -0.39 is 0 Å². The van der Waals surface area contributed by atoms with Gasteiger partial charge in [0.25, 0.3) is 5.91 Å². The Labute approximate surface area is 96.3 Å². The highest BCUT2D eigenvalue weighted by Crippen LogP contribution is 2.15. The maximum atomic E-state index is 11.7. The molecule has 0 unspecified atom stereocenters. The molecule has 3 N–H and O–H groups in total. The first kappa shape index (κ1) is 10.7. The van der Waals surface area contributed by atoms with Crippen LogP contribution in [0.3, 0.4) is 0 Å². The molecule has 0 fully saturated rings. The molecule has 0 radical (unpaired) electrons. The van der Waals surface area contributed by atoms with Gasteiger partial charge in [0.05, 0.1) is 12.3 Å². The Morgan fingerprint density at radius 3 is 3.06 bits per heavy atom. The van der Waals surface area contributed by atoms with Gasteiger partial charge in [-0.25, -0.2) is 4.98 Å². The van der Waals surface area contributed by atoms with Gasteiger partial charge in [-0.1, -0.05) is 0 Å². The number of hydrogen-bond donors (Lipinski definition) is 2. The van der Waals surface area contributed by atoms with Crippen molar-refractivity contribution in [1.29, 1.82) is 0 Å². The Hall–Kier alpha value is -1.82. The van der Waals surface area contributed by atoms with Gasteiger partial charge in [0, 0.05) is 5.38 Å². The minimum absolute atomic E-state index is 0.189. The lowest BCUT2D eigenvalue weighted by Crippen LogP contribution is -2.26. The van der Waals surface area contributed by atoms with Crippen LogP contribution in [-0.2, 0) is 0 Å². The van der Waals surface area contributed by atoms with Gasteiger partial charge < -0.3 is 15.5 Å². The van der Waals surface area contributed by atoms with Crippen LogP contribution in [-0.4, -0.2) is 10.9 Å². The fourth-order valence-electron chi connectivity index (χ4n) is 1.27. The maximum absolute atomic E-state index is 11.7. The lowest BCUT2D eigenvalue weighted by atomic mass is 10.2. The summed E-state index contributed by atoms with van der Waals surface area (Å²) in [7, 11) is 0. The summed E-state index contributed by atoms with van der Waals surface area (Å²) in [5, 5.41) is 4.78. The largest absolute Gasteiger partial charge is 0.467 e. The number of furan rings is 1. The van der Waals surface area contributed by atoms with Crippen LogP contribution in [0.25, 0.3) is 0 Å². The van der Waals surface area contributed by atoms with Gasteiger partial charge in [0.2, 0.25) is 0 Å². The predicted octanol–water partition coefficient (Wildman–Crippen LogP) is 1.81. The van der Waals surface area contributed by atoms with E-state index in [-0.39, 0.29) is 11.9 Å². The van der Waals surface area contributed by atoms with Gasteiger partial charge >= 0.3 is 0 Å². The molecule has 6 heteroatoms. The normalized spacial score (nSPS) is 12.3. The van der Waals surface area contributed by atoms with Crippen LogP contribution < -0.4 is 11.1 Å². The van der Waals surface area contributed by atoms with Crippen LogP contribution in [0.5, 0.6) is 0 Å². The van der Waals surface area contributed by atoms with Crippen LogP contribution in [0.2, 0.25) is 0 Å². The SMILES string of the molecule is C[C@@H](NC(=O)c1csc(N)n1)c1ccco1. The third-order valence-corrected chi connectivity index (χ3v) is 2.75. The van der Waals surface area contributed by atoms with Crippen molar-refractivity contribution in [1.82, 2.24) is 10.3 Å². The van der Waals surface area contributed by atoms with Crippen molar-refractivity contribution in [3.8, 4) is 0 Å². The van der Waals surface area contributed by atoms with Crippen molar-refractivity contribution in [2.75, 3.05) is 5.73 Å². The van der Waals surface area contributed by atoms with E-state index >= 15 is 0 Å². The van der Waals surface area contributed by atoms with E-state index in [9.17, 15) is 4.79 Å². The summed E-state index contributed by atoms with van der Waals surface area (Å²) in [6, 6.07) is 3.39. The zero-order valence-electron chi connectivity index (χ0n) is 8.64. The molecule has 0 aliphatic rings. The topological polar surface area (TPSA) is 81.2 Å². The number of aromatic nitrogens is 1. The van der Waals surface area contributed by atoms with Crippen LogP contribution in [0, 0.1) is 0 Å². The molecule has 16 heavy (non-hydrogen) atoms. The minimum Gasteiger partial charge on any atom is -0.467 e. The summed E-state index contributed by atoms with van der Waals surface area (Å²) >= 11 is 1.24. The van der Waals surface area contributed by atoms with E-state index in [4.69, 9.17) is 10.2 Å². The third-order valence-electron chi connectivity index (χ3n) is 2.07. The molecule has 84 valence electrons. The molecule has 2 heterocycles. The van der Waals surface area contributed by atoms with Crippen LogP contribution in [0.1, 0.15) is 29.2 Å². The second-order valence-corrected chi connectivity index (χ2v) is 4.17. The lowest BCUT2D eigenvalue weighted by Gasteiger charge is -2.09. The summed E-state index contributed by atoms with van der Waals surface area (Å²) in [6.45, 7) is 1.84.